The van der Waals surface area contributed by atoms with Crippen LogP contribution in [0.3, 0.4) is 0 Å². The van der Waals surface area contributed by atoms with E-state index in [1.165, 1.54) is 6.33 Å². The molecule has 0 spiro atoms. The number of nitrogens with two attached hydrogens (primary N) is 1. The van der Waals surface area contributed by atoms with Crippen molar-refractivity contribution in [3.63, 3.8) is 0 Å². The molecule has 0 aromatic carbocycles. The van der Waals surface area contributed by atoms with Gasteiger partial charge in [0, 0.05) is 37.8 Å². The molecule has 2 N–H and O–H groups in total. The second-order valence-corrected chi connectivity index (χ2v) is 6.59. The fraction of sp³-hybridized carbons (Fsp3) is 0.667. The molecule has 2 aliphatic heterocycles. The average Bonchev–Trinajstić information content (AvgIpc) is 3.05. The minimum Gasteiger partial charge on any atom is -0.383 e. The topological polar surface area (TPSA) is 84.8 Å². The van der Waals surface area contributed by atoms with Crippen LogP contribution in [0.25, 0.3) is 5.78 Å². The molecule has 0 aliphatic carbocycles. The van der Waals surface area contributed by atoms with E-state index in [9.17, 15) is 0 Å². The number of ether oxygens (including phenoxy) is 1. The summed E-state index contributed by atoms with van der Waals surface area (Å²) in [5.41, 5.74) is 6.30. The normalized spacial score (nSPS) is 22.6. The molecule has 0 radical (unpaired) electrons. The van der Waals surface area contributed by atoms with Crippen molar-refractivity contribution in [1.29, 1.82) is 0 Å². The van der Waals surface area contributed by atoms with E-state index in [0.29, 0.717) is 11.6 Å². The van der Waals surface area contributed by atoms with Gasteiger partial charge in [-0.15, -0.1) is 0 Å². The zero-order valence-electron chi connectivity index (χ0n) is 13.5. The van der Waals surface area contributed by atoms with Crippen LogP contribution in [-0.4, -0.2) is 69.4 Å². The number of nitrogen functional groups attached to an aromatic ring is 1. The van der Waals surface area contributed by atoms with Crippen molar-refractivity contribution in [1.82, 2.24) is 24.5 Å². The summed E-state index contributed by atoms with van der Waals surface area (Å²) in [5, 5.41) is 4.07. The Labute approximate surface area is 135 Å². The van der Waals surface area contributed by atoms with Crippen molar-refractivity contribution in [2.45, 2.75) is 25.3 Å². The second-order valence-electron chi connectivity index (χ2n) is 6.59. The summed E-state index contributed by atoms with van der Waals surface area (Å²) in [4.78, 5) is 13.6. The van der Waals surface area contributed by atoms with Crippen LogP contribution >= 0.6 is 0 Å². The van der Waals surface area contributed by atoms with E-state index in [4.69, 9.17) is 10.5 Å². The standard InChI is InChI=1S/C15H23N7O/c1-15(21-6-8-23-9-7-21)2-4-20(5-3-15)13-10-12(16)22-14(19-13)17-11-18-22/h10-11H,2-9,16H2,1H3. The highest BCUT2D eigenvalue weighted by Crippen LogP contribution is 2.31. The quantitative estimate of drug-likeness (QED) is 0.858. The van der Waals surface area contributed by atoms with Gasteiger partial charge in [-0.1, -0.05) is 0 Å². The lowest BCUT2D eigenvalue weighted by atomic mass is 9.87. The molecular formula is C15H23N7O. The Morgan fingerprint density at radius 1 is 1.17 bits per heavy atom. The van der Waals surface area contributed by atoms with Crippen LogP contribution in [0.5, 0.6) is 0 Å². The number of nitrogens with zero attached hydrogens (tertiary/aromatic N) is 6. The first kappa shape index (κ1) is 14.6. The van der Waals surface area contributed by atoms with E-state index >= 15 is 0 Å². The lowest BCUT2D eigenvalue weighted by Gasteiger charge is -2.48. The van der Waals surface area contributed by atoms with Crippen LogP contribution in [-0.2, 0) is 4.74 Å². The van der Waals surface area contributed by atoms with Crippen LogP contribution in [0.2, 0.25) is 0 Å². The summed E-state index contributed by atoms with van der Waals surface area (Å²) in [6, 6.07) is 1.89. The van der Waals surface area contributed by atoms with Crippen LogP contribution in [0.1, 0.15) is 19.8 Å². The molecule has 0 amide bonds. The smallest absolute Gasteiger partial charge is 0.256 e. The fourth-order valence-corrected chi connectivity index (χ4v) is 3.62. The minimum atomic E-state index is 0.255. The molecule has 4 heterocycles. The van der Waals surface area contributed by atoms with Gasteiger partial charge in [0.25, 0.3) is 5.78 Å². The number of hydrogen-bond donors (Lipinski definition) is 1. The predicted molar refractivity (Wildman–Crippen MR) is 87.4 cm³/mol. The molecule has 124 valence electrons. The van der Waals surface area contributed by atoms with Gasteiger partial charge >= 0.3 is 0 Å². The van der Waals surface area contributed by atoms with Crippen LogP contribution in [0.15, 0.2) is 12.4 Å². The summed E-state index contributed by atoms with van der Waals surface area (Å²) in [7, 11) is 0. The third-order valence-corrected chi connectivity index (χ3v) is 5.20. The monoisotopic (exact) mass is 317 g/mol. The van der Waals surface area contributed by atoms with Crippen molar-refractivity contribution in [3.8, 4) is 0 Å². The zero-order valence-corrected chi connectivity index (χ0v) is 13.5. The molecule has 2 aliphatic rings. The minimum absolute atomic E-state index is 0.255. The lowest BCUT2D eigenvalue weighted by Crippen LogP contribution is -2.56. The first-order valence-corrected chi connectivity index (χ1v) is 8.20. The summed E-state index contributed by atoms with van der Waals surface area (Å²) in [5.74, 6) is 2.03. The number of anilines is 2. The summed E-state index contributed by atoms with van der Waals surface area (Å²) in [6.07, 6.45) is 3.72. The highest BCUT2D eigenvalue weighted by molar-refractivity contribution is 5.53. The molecule has 23 heavy (non-hydrogen) atoms. The summed E-state index contributed by atoms with van der Waals surface area (Å²) in [6.45, 7) is 8.09. The van der Waals surface area contributed by atoms with Crippen molar-refractivity contribution < 1.29 is 4.74 Å². The zero-order chi connectivity index (χ0) is 15.9. The third-order valence-electron chi connectivity index (χ3n) is 5.20. The third kappa shape index (κ3) is 2.61. The van der Waals surface area contributed by atoms with Gasteiger partial charge in [-0.05, 0) is 19.8 Å². The van der Waals surface area contributed by atoms with E-state index in [2.05, 4.69) is 31.8 Å². The van der Waals surface area contributed by atoms with Crippen LogP contribution in [0.4, 0.5) is 11.6 Å². The first-order valence-electron chi connectivity index (χ1n) is 8.20. The predicted octanol–water partition coefficient (Wildman–Crippen LogP) is 0.398. The molecule has 0 saturated carbocycles. The molecular weight excluding hydrogens is 294 g/mol. The fourth-order valence-electron chi connectivity index (χ4n) is 3.62. The number of morpholine rings is 1. The van der Waals surface area contributed by atoms with Gasteiger partial charge in [0.2, 0.25) is 0 Å². The van der Waals surface area contributed by atoms with Crippen molar-refractivity contribution in [3.05, 3.63) is 12.4 Å². The second kappa shape index (κ2) is 5.61. The molecule has 4 rings (SSSR count). The van der Waals surface area contributed by atoms with E-state index in [1.54, 1.807) is 4.52 Å². The largest absolute Gasteiger partial charge is 0.383 e. The maximum absolute atomic E-state index is 6.05. The Bertz CT molecular complexity index is 686. The van der Waals surface area contributed by atoms with Crippen LogP contribution in [0, 0.1) is 0 Å². The Hall–Kier alpha value is -1.93. The van der Waals surface area contributed by atoms with Gasteiger partial charge in [-0.3, -0.25) is 4.90 Å². The van der Waals surface area contributed by atoms with Crippen molar-refractivity contribution in [2.75, 3.05) is 50.0 Å². The summed E-state index contributed by atoms with van der Waals surface area (Å²) >= 11 is 0. The Kier molecular flexibility index (Phi) is 3.57. The van der Waals surface area contributed by atoms with Gasteiger partial charge in [-0.2, -0.15) is 19.6 Å². The van der Waals surface area contributed by atoms with Crippen molar-refractivity contribution in [2.24, 2.45) is 0 Å². The first-order chi connectivity index (χ1) is 11.2. The van der Waals surface area contributed by atoms with E-state index in [-0.39, 0.29) is 5.54 Å². The van der Waals surface area contributed by atoms with Gasteiger partial charge < -0.3 is 15.4 Å². The molecule has 2 aromatic heterocycles. The average molecular weight is 317 g/mol. The molecule has 8 heteroatoms. The lowest BCUT2D eigenvalue weighted by molar-refractivity contribution is -0.0249. The number of aromatic nitrogens is 4. The molecule has 2 fully saturated rings. The molecule has 0 atom stereocenters. The van der Waals surface area contributed by atoms with Gasteiger partial charge in [0.1, 0.15) is 18.0 Å². The molecule has 2 saturated heterocycles. The number of piperidine rings is 1. The van der Waals surface area contributed by atoms with Crippen LogP contribution < -0.4 is 10.6 Å². The SMILES string of the molecule is CC1(N2CCOCC2)CCN(c2cc(N)n3ncnc3n2)CC1. The van der Waals surface area contributed by atoms with Crippen molar-refractivity contribution >= 4 is 17.4 Å². The van der Waals surface area contributed by atoms with E-state index in [1.807, 2.05) is 6.07 Å². The Morgan fingerprint density at radius 3 is 2.65 bits per heavy atom. The van der Waals surface area contributed by atoms with Gasteiger partial charge in [0.05, 0.1) is 13.2 Å². The number of hydrogen-bond acceptors (Lipinski definition) is 7. The highest BCUT2D eigenvalue weighted by atomic mass is 16.5. The molecule has 2 aromatic rings. The molecule has 0 unspecified atom stereocenters. The van der Waals surface area contributed by atoms with E-state index in [0.717, 1.165) is 58.1 Å². The highest BCUT2D eigenvalue weighted by Gasteiger charge is 2.36. The number of fused-ring (bicyclic) bond motifs is 1. The Balaban J connectivity index is 1.49. The maximum atomic E-state index is 6.05. The maximum Gasteiger partial charge on any atom is 0.256 e. The van der Waals surface area contributed by atoms with E-state index < -0.39 is 0 Å². The van der Waals surface area contributed by atoms with Gasteiger partial charge in [0.15, 0.2) is 0 Å². The molecule has 0 bridgehead atoms. The van der Waals surface area contributed by atoms with Gasteiger partial charge in [-0.25, -0.2) is 0 Å². The Morgan fingerprint density at radius 2 is 1.91 bits per heavy atom. The molecule has 8 nitrogen and oxygen atoms in total. The summed E-state index contributed by atoms with van der Waals surface area (Å²) < 4.78 is 7.04. The number of rotatable bonds is 2.